The minimum atomic E-state index is -2.16. The van der Waals surface area contributed by atoms with Crippen molar-refractivity contribution in [2.75, 3.05) is 26.9 Å². The molecule has 1 aromatic rings. The van der Waals surface area contributed by atoms with Crippen molar-refractivity contribution in [2.45, 2.75) is 161 Å². The molecular formula is C43H67NO9. The molecule has 10 heteroatoms. The molecule has 1 aliphatic rings. The molecule has 10 nitrogen and oxygen atoms in total. The summed E-state index contributed by atoms with van der Waals surface area (Å²) in [7, 11) is 1.25. The van der Waals surface area contributed by atoms with Gasteiger partial charge < -0.3 is 34.1 Å². The number of rotatable bonds is 25. The van der Waals surface area contributed by atoms with Gasteiger partial charge in [-0.25, -0.2) is 9.59 Å². The summed E-state index contributed by atoms with van der Waals surface area (Å²) in [5.74, 6) is 2.28. The lowest BCUT2D eigenvalue weighted by Gasteiger charge is -2.34. The van der Waals surface area contributed by atoms with Gasteiger partial charge in [-0.15, -0.1) is 5.92 Å². The first-order chi connectivity index (χ1) is 25.3. The van der Waals surface area contributed by atoms with Gasteiger partial charge in [0.05, 0.1) is 26.2 Å². The van der Waals surface area contributed by atoms with Gasteiger partial charge >= 0.3 is 11.9 Å². The fourth-order valence-corrected chi connectivity index (χ4v) is 6.49. The second-order valence-electron chi connectivity index (χ2n) is 15.0. The number of unbranched alkanes of at least 4 members (excludes halogenated alkanes) is 8. The molecule has 3 atom stereocenters. The molecule has 1 heterocycles. The highest BCUT2D eigenvalue weighted by molar-refractivity contribution is 5.93. The average molecular weight is 742 g/mol. The van der Waals surface area contributed by atoms with Crippen molar-refractivity contribution in [1.29, 1.82) is 0 Å². The van der Waals surface area contributed by atoms with Crippen molar-refractivity contribution in [3.05, 3.63) is 42.0 Å². The van der Waals surface area contributed by atoms with Gasteiger partial charge in [-0.05, 0) is 77.5 Å². The van der Waals surface area contributed by atoms with Crippen molar-refractivity contribution in [3.63, 3.8) is 0 Å². The highest BCUT2D eigenvalue weighted by atomic mass is 16.7. The molecule has 0 spiro atoms. The fraction of sp³-hybridized carbons (Fsp3) is 0.698. The van der Waals surface area contributed by atoms with E-state index >= 15 is 0 Å². The maximum Gasteiger partial charge on any atom is 0.339 e. The maximum absolute atomic E-state index is 14.1. The average Bonchev–Trinajstić information content (AvgIpc) is 3.59. The van der Waals surface area contributed by atoms with E-state index in [0.717, 1.165) is 50.5 Å². The molecule has 0 unspecified atom stereocenters. The molecule has 0 saturated carbocycles. The van der Waals surface area contributed by atoms with Gasteiger partial charge in [0.1, 0.15) is 24.0 Å². The Morgan fingerprint density at radius 3 is 2.13 bits per heavy atom. The normalized spacial score (nSPS) is 16.2. The molecule has 2 rings (SSSR count). The number of hydrogen-bond donors (Lipinski definition) is 2. The van der Waals surface area contributed by atoms with E-state index in [4.69, 9.17) is 23.7 Å². The molecule has 1 aromatic carbocycles. The van der Waals surface area contributed by atoms with Crippen LogP contribution in [0.5, 0.6) is 5.75 Å². The summed E-state index contributed by atoms with van der Waals surface area (Å²) < 4.78 is 28.4. The van der Waals surface area contributed by atoms with Gasteiger partial charge in [0, 0.05) is 19.3 Å². The summed E-state index contributed by atoms with van der Waals surface area (Å²) in [6.45, 7) is 12.5. The first-order valence-corrected chi connectivity index (χ1v) is 19.7. The van der Waals surface area contributed by atoms with Crippen LogP contribution in [0.4, 0.5) is 0 Å². The van der Waals surface area contributed by atoms with E-state index in [1.807, 2.05) is 13.0 Å². The third-order valence-corrected chi connectivity index (χ3v) is 9.32. The highest BCUT2D eigenvalue weighted by Crippen LogP contribution is 2.33. The molecular weight excluding hydrogens is 674 g/mol. The van der Waals surface area contributed by atoms with Crippen LogP contribution < -0.4 is 10.1 Å². The Balaban J connectivity index is 2.13. The van der Waals surface area contributed by atoms with Crippen molar-refractivity contribution >= 4 is 17.8 Å². The van der Waals surface area contributed by atoms with E-state index in [0.29, 0.717) is 31.8 Å². The first-order valence-electron chi connectivity index (χ1n) is 19.7. The van der Waals surface area contributed by atoms with E-state index in [1.54, 1.807) is 58.0 Å². The highest BCUT2D eigenvalue weighted by Gasteiger charge is 2.49. The van der Waals surface area contributed by atoms with Crippen LogP contribution in [-0.2, 0) is 39.8 Å². The Labute approximate surface area is 319 Å². The van der Waals surface area contributed by atoms with Gasteiger partial charge in [0.25, 0.3) is 0 Å². The fourth-order valence-electron chi connectivity index (χ4n) is 6.49. The molecule has 0 bridgehead atoms. The number of hydrogen-bond acceptors (Lipinski definition) is 9. The number of esters is 2. The number of benzene rings is 1. The number of methoxy groups -OCH3 is 1. The molecule has 1 amide bonds. The molecule has 0 aliphatic carbocycles. The molecule has 1 fully saturated rings. The van der Waals surface area contributed by atoms with E-state index in [1.165, 1.54) is 32.8 Å². The second-order valence-corrected chi connectivity index (χ2v) is 15.0. The summed E-state index contributed by atoms with van der Waals surface area (Å²) in [5, 5.41) is 14.7. The van der Waals surface area contributed by atoms with Gasteiger partial charge in [-0.2, -0.15) is 0 Å². The van der Waals surface area contributed by atoms with Gasteiger partial charge in [0.15, 0.2) is 11.4 Å². The van der Waals surface area contributed by atoms with Crippen molar-refractivity contribution in [3.8, 4) is 17.6 Å². The van der Waals surface area contributed by atoms with Crippen LogP contribution in [0.2, 0.25) is 0 Å². The van der Waals surface area contributed by atoms with Crippen LogP contribution in [0.25, 0.3) is 0 Å². The Morgan fingerprint density at radius 1 is 0.943 bits per heavy atom. The van der Waals surface area contributed by atoms with E-state index < -0.39 is 46.8 Å². The standard InChI is InChI=1S/C43H67NO9/c1-8-11-13-17-20-28-42(51-31-32-52-42)29-21-18-15-14-16-19-22-36(43(48,27-10-3)40(47)53-41(4,5)6)38(45)44-37(39(46)49-7)33-34-23-25-35(26-24-34)50-30-12-9-2/h19,22-26,36-37,48H,8,10-11,13-18,20-21,27-33H2,1-7H3,(H,44,45)/b22-19+/t36-,37+,43+/m1/s1. The molecule has 1 saturated heterocycles. The smallest absolute Gasteiger partial charge is 0.339 e. The van der Waals surface area contributed by atoms with Gasteiger partial charge in [-0.3, -0.25) is 4.79 Å². The van der Waals surface area contributed by atoms with Crippen LogP contribution in [-0.4, -0.2) is 72.9 Å². The van der Waals surface area contributed by atoms with Crippen molar-refractivity contribution < 1.29 is 43.2 Å². The minimum Gasteiger partial charge on any atom is -0.481 e. The Kier molecular flexibility index (Phi) is 20.8. The van der Waals surface area contributed by atoms with Crippen molar-refractivity contribution in [1.82, 2.24) is 5.32 Å². The monoisotopic (exact) mass is 741 g/mol. The number of amides is 1. The number of aliphatic hydroxyl groups is 1. The van der Waals surface area contributed by atoms with Crippen molar-refractivity contribution in [2.24, 2.45) is 5.92 Å². The lowest BCUT2D eigenvalue weighted by Crippen LogP contribution is -2.56. The zero-order valence-corrected chi connectivity index (χ0v) is 33.6. The number of carbonyl (C=O) groups is 3. The lowest BCUT2D eigenvalue weighted by molar-refractivity contribution is -0.184. The Morgan fingerprint density at radius 2 is 1.57 bits per heavy atom. The van der Waals surface area contributed by atoms with Crippen LogP contribution in [0.3, 0.4) is 0 Å². The SMILES string of the molecule is CC#CCOc1ccc(C[C@H](NC(=O)[C@@H](/C=C/CCCCCCC2(CCCCCCC)OCCO2)[C@@](O)(CCC)C(=O)OC(C)(C)C)C(=O)OC)cc1. The van der Waals surface area contributed by atoms with Crippen LogP contribution in [0.15, 0.2) is 36.4 Å². The van der Waals surface area contributed by atoms with Crippen LogP contribution in [0.1, 0.15) is 137 Å². The lowest BCUT2D eigenvalue weighted by atomic mass is 9.81. The molecule has 298 valence electrons. The predicted octanol–water partition coefficient (Wildman–Crippen LogP) is 7.78. The number of ether oxygens (including phenoxy) is 5. The number of nitrogens with one attached hydrogen (secondary N) is 1. The number of allylic oxidation sites excluding steroid dienone is 1. The minimum absolute atomic E-state index is 0.0123. The van der Waals surface area contributed by atoms with Gasteiger partial charge in [0.2, 0.25) is 5.91 Å². The molecule has 2 N–H and O–H groups in total. The number of carbonyl (C=O) groups excluding carboxylic acids is 3. The van der Waals surface area contributed by atoms with Crippen LogP contribution in [0, 0.1) is 17.8 Å². The molecule has 0 aromatic heterocycles. The Bertz CT molecular complexity index is 1320. The topological polar surface area (TPSA) is 130 Å². The molecule has 53 heavy (non-hydrogen) atoms. The zero-order valence-electron chi connectivity index (χ0n) is 33.6. The van der Waals surface area contributed by atoms with Gasteiger partial charge in [-0.1, -0.05) is 89.0 Å². The van der Waals surface area contributed by atoms with E-state index in [2.05, 4.69) is 24.1 Å². The van der Waals surface area contributed by atoms with E-state index in [9.17, 15) is 19.5 Å². The van der Waals surface area contributed by atoms with Crippen LogP contribution >= 0.6 is 0 Å². The molecule has 0 radical (unpaired) electrons. The summed E-state index contributed by atoms with van der Waals surface area (Å²) in [4.78, 5) is 40.5. The first kappa shape index (κ1) is 45.8. The summed E-state index contributed by atoms with van der Waals surface area (Å²) in [5.41, 5.74) is -2.30. The zero-order chi connectivity index (χ0) is 39.2. The predicted molar refractivity (Wildman–Crippen MR) is 207 cm³/mol. The largest absolute Gasteiger partial charge is 0.481 e. The molecule has 1 aliphatic heterocycles. The summed E-state index contributed by atoms with van der Waals surface area (Å²) in [6, 6.07) is 6.05. The maximum atomic E-state index is 14.1. The Hall–Kier alpha value is -3.39. The summed E-state index contributed by atoms with van der Waals surface area (Å²) in [6.07, 6.45) is 16.3. The third-order valence-electron chi connectivity index (χ3n) is 9.32. The second kappa shape index (κ2) is 24.1. The van der Waals surface area contributed by atoms with E-state index in [-0.39, 0.29) is 19.4 Å². The quantitative estimate of drug-likeness (QED) is 0.0447. The summed E-state index contributed by atoms with van der Waals surface area (Å²) >= 11 is 0. The third kappa shape index (κ3) is 16.7.